The number of amides is 1. The van der Waals surface area contributed by atoms with Gasteiger partial charge in [-0.05, 0) is 54.4 Å². The Balaban J connectivity index is 1.90. The van der Waals surface area contributed by atoms with Crippen LogP contribution in [-0.2, 0) is 21.4 Å². The highest BCUT2D eigenvalue weighted by Crippen LogP contribution is 2.28. The van der Waals surface area contributed by atoms with Crippen LogP contribution >= 0.6 is 11.6 Å². The van der Waals surface area contributed by atoms with Crippen LogP contribution in [0.2, 0.25) is 5.02 Å². The third kappa shape index (κ3) is 5.13. The van der Waals surface area contributed by atoms with Crippen LogP contribution in [0.5, 0.6) is 0 Å². The number of benzene rings is 2. The SMILES string of the molecule is Cc1cc(Cl)ccc1N(CC(=O)NCc1cccnc1)S(=O)(=O)c1ccccc1. The zero-order valence-corrected chi connectivity index (χ0v) is 17.3. The topological polar surface area (TPSA) is 79.4 Å². The number of hydrogen-bond acceptors (Lipinski definition) is 4. The van der Waals surface area contributed by atoms with E-state index in [2.05, 4.69) is 10.3 Å². The fourth-order valence-electron chi connectivity index (χ4n) is 2.81. The average Bonchev–Trinajstić information content (AvgIpc) is 2.72. The lowest BCUT2D eigenvalue weighted by molar-refractivity contribution is -0.119. The van der Waals surface area contributed by atoms with E-state index in [-0.39, 0.29) is 18.0 Å². The van der Waals surface area contributed by atoms with E-state index < -0.39 is 15.9 Å². The number of anilines is 1. The van der Waals surface area contributed by atoms with Crippen LogP contribution in [-0.4, -0.2) is 25.9 Å². The number of rotatable bonds is 7. The predicted molar refractivity (Wildman–Crippen MR) is 113 cm³/mol. The van der Waals surface area contributed by atoms with Crippen molar-refractivity contribution < 1.29 is 13.2 Å². The Kier molecular flexibility index (Phi) is 6.51. The molecule has 1 N–H and O–H groups in total. The normalized spacial score (nSPS) is 11.1. The quantitative estimate of drug-likeness (QED) is 0.622. The molecule has 6 nitrogen and oxygen atoms in total. The lowest BCUT2D eigenvalue weighted by atomic mass is 10.2. The van der Waals surface area contributed by atoms with Crippen LogP contribution < -0.4 is 9.62 Å². The molecular formula is C21H20ClN3O3S. The number of aromatic nitrogens is 1. The van der Waals surface area contributed by atoms with Crippen molar-refractivity contribution in [3.8, 4) is 0 Å². The van der Waals surface area contributed by atoms with Crippen LogP contribution in [0, 0.1) is 6.92 Å². The van der Waals surface area contributed by atoms with Crippen LogP contribution in [0.3, 0.4) is 0 Å². The number of nitrogens with one attached hydrogen (secondary N) is 1. The van der Waals surface area contributed by atoms with E-state index in [1.165, 1.54) is 12.1 Å². The van der Waals surface area contributed by atoms with E-state index in [0.717, 1.165) is 9.87 Å². The Morgan fingerprint density at radius 3 is 2.52 bits per heavy atom. The summed E-state index contributed by atoms with van der Waals surface area (Å²) in [5, 5.41) is 3.23. The summed E-state index contributed by atoms with van der Waals surface area (Å²) in [6.45, 7) is 1.65. The molecule has 0 spiro atoms. The number of carbonyl (C=O) groups excluding carboxylic acids is 1. The third-order valence-electron chi connectivity index (χ3n) is 4.26. The Hall–Kier alpha value is -2.90. The van der Waals surface area contributed by atoms with Gasteiger partial charge in [0.25, 0.3) is 10.0 Å². The predicted octanol–water partition coefficient (Wildman–Crippen LogP) is 3.56. The molecule has 150 valence electrons. The number of nitrogens with zero attached hydrogens (tertiary/aromatic N) is 2. The summed E-state index contributed by atoms with van der Waals surface area (Å²) in [5.41, 5.74) is 1.87. The molecule has 8 heteroatoms. The van der Waals surface area contributed by atoms with Gasteiger partial charge in [0.2, 0.25) is 5.91 Å². The average molecular weight is 430 g/mol. The molecule has 0 radical (unpaired) electrons. The van der Waals surface area contributed by atoms with Crippen molar-refractivity contribution in [2.24, 2.45) is 0 Å². The van der Waals surface area contributed by atoms with Crippen LogP contribution in [0.1, 0.15) is 11.1 Å². The first-order valence-electron chi connectivity index (χ1n) is 8.87. The second-order valence-electron chi connectivity index (χ2n) is 6.39. The summed E-state index contributed by atoms with van der Waals surface area (Å²) < 4.78 is 27.7. The second kappa shape index (κ2) is 9.07. The Morgan fingerprint density at radius 2 is 1.86 bits per heavy atom. The van der Waals surface area contributed by atoms with Crippen LogP contribution in [0.25, 0.3) is 0 Å². The highest BCUT2D eigenvalue weighted by Gasteiger charge is 2.28. The van der Waals surface area contributed by atoms with Gasteiger partial charge in [0.1, 0.15) is 6.54 Å². The molecule has 0 atom stereocenters. The van der Waals surface area contributed by atoms with E-state index in [4.69, 9.17) is 11.6 Å². The van der Waals surface area contributed by atoms with E-state index in [9.17, 15) is 13.2 Å². The first kappa shape index (κ1) is 20.8. The first-order chi connectivity index (χ1) is 13.9. The van der Waals surface area contributed by atoms with Gasteiger partial charge in [-0.3, -0.25) is 14.1 Å². The van der Waals surface area contributed by atoms with Crippen LogP contribution in [0.4, 0.5) is 5.69 Å². The molecule has 0 aliphatic heterocycles. The zero-order chi connectivity index (χ0) is 20.9. The fraction of sp³-hybridized carbons (Fsp3) is 0.143. The van der Waals surface area contributed by atoms with E-state index in [0.29, 0.717) is 16.3 Å². The maximum atomic E-state index is 13.3. The van der Waals surface area contributed by atoms with Crippen molar-refractivity contribution >= 4 is 33.2 Å². The summed E-state index contributed by atoms with van der Waals surface area (Å²) in [7, 11) is -3.95. The Morgan fingerprint density at radius 1 is 1.10 bits per heavy atom. The monoisotopic (exact) mass is 429 g/mol. The maximum absolute atomic E-state index is 13.3. The van der Waals surface area contributed by atoms with Gasteiger partial charge in [-0.15, -0.1) is 0 Å². The highest BCUT2D eigenvalue weighted by atomic mass is 35.5. The molecule has 0 bridgehead atoms. The molecule has 0 aliphatic carbocycles. The van der Waals surface area contributed by atoms with Gasteiger partial charge in [-0.2, -0.15) is 0 Å². The molecule has 1 amide bonds. The molecule has 1 aromatic heterocycles. The minimum atomic E-state index is -3.95. The molecule has 3 rings (SSSR count). The van der Waals surface area contributed by atoms with Crippen molar-refractivity contribution in [2.75, 3.05) is 10.8 Å². The van der Waals surface area contributed by atoms with E-state index >= 15 is 0 Å². The smallest absolute Gasteiger partial charge is 0.264 e. The fourth-order valence-corrected chi connectivity index (χ4v) is 4.54. The summed E-state index contributed by atoms with van der Waals surface area (Å²) in [4.78, 5) is 16.7. The molecule has 0 aliphatic rings. The second-order valence-corrected chi connectivity index (χ2v) is 8.69. The Bertz CT molecular complexity index is 1090. The van der Waals surface area contributed by atoms with Gasteiger partial charge in [0.15, 0.2) is 0 Å². The van der Waals surface area contributed by atoms with Crippen molar-refractivity contribution in [1.82, 2.24) is 10.3 Å². The van der Waals surface area contributed by atoms with Crippen molar-refractivity contribution in [3.63, 3.8) is 0 Å². The molecule has 0 saturated carbocycles. The number of hydrogen-bond donors (Lipinski definition) is 1. The number of pyridine rings is 1. The van der Waals surface area contributed by atoms with E-state index in [1.54, 1.807) is 61.8 Å². The maximum Gasteiger partial charge on any atom is 0.264 e. The zero-order valence-electron chi connectivity index (χ0n) is 15.7. The molecule has 3 aromatic rings. The summed E-state index contributed by atoms with van der Waals surface area (Å²) in [6, 6.07) is 16.5. The van der Waals surface area contributed by atoms with Crippen LogP contribution in [0.15, 0.2) is 78.0 Å². The first-order valence-corrected chi connectivity index (χ1v) is 10.7. The minimum absolute atomic E-state index is 0.106. The Labute approximate surface area is 175 Å². The van der Waals surface area contributed by atoms with Gasteiger partial charge >= 0.3 is 0 Å². The van der Waals surface area contributed by atoms with Gasteiger partial charge in [0.05, 0.1) is 10.6 Å². The summed E-state index contributed by atoms with van der Waals surface area (Å²) in [6.07, 6.45) is 3.28. The third-order valence-corrected chi connectivity index (χ3v) is 6.27. The van der Waals surface area contributed by atoms with Crippen molar-refractivity contribution in [3.05, 3.63) is 89.2 Å². The molecule has 2 aromatic carbocycles. The highest BCUT2D eigenvalue weighted by molar-refractivity contribution is 7.92. The lowest BCUT2D eigenvalue weighted by Gasteiger charge is -2.25. The standard InChI is InChI=1S/C21H20ClN3O3S/c1-16-12-18(22)9-10-20(16)25(29(27,28)19-7-3-2-4-8-19)15-21(26)24-14-17-6-5-11-23-13-17/h2-13H,14-15H2,1H3,(H,24,26). The molecule has 0 saturated heterocycles. The summed E-state index contributed by atoms with van der Waals surface area (Å²) in [5.74, 6) is -0.428. The van der Waals surface area contributed by atoms with Crippen molar-refractivity contribution in [2.45, 2.75) is 18.4 Å². The molecule has 0 unspecified atom stereocenters. The summed E-state index contributed by atoms with van der Waals surface area (Å²) >= 11 is 6.02. The van der Waals surface area contributed by atoms with Crippen molar-refractivity contribution in [1.29, 1.82) is 0 Å². The number of aryl methyl sites for hydroxylation is 1. The molecule has 29 heavy (non-hydrogen) atoms. The van der Waals surface area contributed by atoms with E-state index in [1.807, 2.05) is 6.07 Å². The lowest BCUT2D eigenvalue weighted by Crippen LogP contribution is -2.41. The van der Waals surface area contributed by atoms with Gasteiger partial charge in [-0.25, -0.2) is 8.42 Å². The van der Waals surface area contributed by atoms with Gasteiger partial charge < -0.3 is 5.32 Å². The number of carbonyl (C=O) groups is 1. The molecular weight excluding hydrogens is 410 g/mol. The number of halogens is 1. The van der Waals surface area contributed by atoms with Gasteiger partial charge in [0, 0.05) is 24.0 Å². The largest absolute Gasteiger partial charge is 0.350 e. The van der Waals surface area contributed by atoms with Gasteiger partial charge in [-0.1, -0.05) is 35.9 Å². The number of sulfonamides is 1. The minimum Gasteiger partial charge on any atom is -0.350 e. The molecule has 0 fully saturated rings. The molecule has 1 heterocycles.